The van der Waals surface area contributed by atoms with Crippen LogP contribution in [0.25, 0.3) is 0 Å². The van der Waals surface area contributed by atoms with E-state index in [0.29, 0.717) is 6.42 Å². The maximum Gasteiger partial charge on any atom is 0.329 e. The molecule has 8 nitrogen and oxygen atoms in total. The number of nitrogens with one attached hydrogen (secondary N) is 3. The Morgan fingerprint density at radius 2 is 1.73 bits per heavy atom. The van der Waals surface area contributed by atoms with Gasteiger partial charge in [-0.05, 0) is 25.3 Å². The second-order valence-electron chi connectivity index (χ2n) is 6.51. The molecule has 1 aliphatic rings. The van der Waals surface area contributed by atoms with E-state index in [0.717, 1.165) is 37.9 Å². The number of hydrogen-bond acceptors (Lipinski definition) is 4. The summed E-state index contributed by atoms with van der Waals surface area (Å²) in [6.45, 7) is 3.16. The highest BCUT2D eigenvalue weighted by Gasteiger charge is 2.23. The molecule has 8 heteroatoms. The molecular formula is C18H27N5O3. The number of benzene rings is 1. The van der Waals surface area contributed by atoms with E-state index in [9.17, 15) is 14.4 Å². The number of nitrogens with two attached hydrogens (primary N) is 1. The van der Waals surface area contributed by atoms with Gasteiger partial charge in [-0.1, -0.05) is 36.8 Å². The van der Waals surface area contributed by atoms with Crippen molar-refractivity contribution in [2.75, 3.05) is 13.1 Å². The van der Waals surface area contributed by atoms with Crippen LogP contribution in [-0.2, 0) is 16.0 Å². The van der Waals surface area contributed by atoms with E-state index in [1.807, 2.05) is 35.3 Å². The Labute approximate surface area is 153 Å². The maximum atomic E-state index is 12.3. The Morgan fingerprint density at radius 3 is 2.35 bits per heavy atom. The Kier molecular flexibility index (Phi) is 7.40. The van der Waals surface area contributed by atoms with Crippen molar-refractivity contribution in [3.05, 3.63) is 35.9 Å². The first-order chi connectivity index (χ1) is 12.5. The highest BCUT2D eigenvalue weighted by molar-refractivity contribution is 5.91. The van der Waals surface area contributed by atoms with Crippen molar-refractivity contribution >= 4 is 17.8 Å². The molecule has 1 fully saturated rings. The van der Waals surface area contributed by atoms with Crippen molar-refractivity contribution in [3.63, 3.8) is 0 Å². The summed E-state index contributed by atoms with van der Waals surface area (Å²) in [5.41, 5.74) is 9.02. The largest absolute Gasteiger partial charge is 0.368 e. The lowest BCUT2D eigenvalue weighted by Gasteiger charge is -2.27. The molecule has 2 atom stereocenters. The maximum absolute atomic E-state index is 12.3. The third-order valence-corrected chi connectivity index (χ3v) is 4.30. The van der Waals surface area contributed by atoms with Crippen molar-refractivity contribution in [1.82, 2.24) is 21.1 Å². The zero-order chi connectivity index (χ0) is 18.9. The van der Waals surface area contributed by atoms with Crippen LogP contribution in [0.1, 0.15) is 31.7 Å². The van der Waals surface area contributed by atoms with E-state index in [2.05, 4.69) is 16.1 Å². The van der Waals surface area contributed by atoms with Crippen molar-refractivity contribution in [2.24, 2.45) is 5.73 Å². The van der Waals surface area contributed by atoms with E-state index in [-0.39, 0.29) is 0 Å². The fourth-order valence-electron chi connectivity index (χ4n) is 2.81. The number of piperidine rings is 1. The van der Waals surface area contributed by atoms with E-state index in [1.54, 1.807) is 6.92 Å². The molecule has 0 spiro atoms. The smallest absolute Gasteiger partial charge is 0.329 e. The van der Waals surface area contributed by atoms with E-state index < -0.39 is 29.9 Å². The minimum absolute atomic E-state index is 0.300. The van der Waals surface area contributed by atoms with Crippen LogP contribution in [0, 0.1) is 0 Å². The van der Waals surface area contributed by atoms with Crippen LogP contribution in [0.2, 0.25) is 0 Å². The summed E-state index contributed by atoms with van der Waals surface area (Å²) in [6.07, 6.45) is 3.54. The van der Waals surface area contributed by atoms with Crippen LogP contribution >= 0.6 is 0 Å². The van der Waals surface area contributed by atoms with Gasteiger partial charge in [0.15, 0.2) is 0 Å². The van der Waals surface area contributed by atoms with Crippen molar-refractivity contribution < 1.29 is 14.4 Å². The third kappa shape index (κ3) is 6.36. The molecule has 0 unspecified atom stereocenters. The molecule has 1 aliphatic heterocycles. The van der Waals surface area contributed by atoms with Gasteiger partial charge in [-0.15, -0.1) is 0 Å². The number of hydrazine groups is 1. The zero-order valence-electron chi connectivity index (χ0n) is 15.0. The molecule has 1 saturated heterocycles. The molecule has 0 radical (unpaired) electrons. The number of amides is 4. The van der Waals surface area contributed by atoms with Crippen LogP contribution in [0.5, 0.6) is 0 Å². The minimum Gasteiger partial charge on any atom is -0.368 e. The number of primary amides is 1. The molecule has 0 bridgehead atoms. The van der Waals surface area contributed by atoms with E-state index >= 15 is 0 Å². The fraction of sp³-hybridized carbons (Fsp3) is 0.500. The quantitative estimate of drug-likeness (QED) is 0.558. The van der Waals surface area contributed by atoms with Crippen molar-refractivity contribution in [1.29, 1.82) is 0 Å². The molecular weight excluding hydrogens is 334 g/mol. The van der Waals surface area contributed by atoms with Crippen LogP contribution in [0.15, 0.2) is 30.3 Å². The number of hydrogen-bond donors (Lipinski definition) is 4. The molecule has 1 heterocycles. The summed E-state index contributed by atoms with van der Waals surface area (Å²) in [4.78, 5) is 36.0. The van der Waals surface area contributed by atoms with Crippen LogP contribution in [0.3, 0.4) is 0 Å². The van der Waals surface area contributed by atoms with E-state index in [4.69, 9.17) is 5.73 Å². The molecule has 142 valence electrons. The molecule has 2 rings (SSSR count). The highest BCUT2D eigenvalue weighted by atomic mass is 16.2. The summed E-state index contributed by atoms with van der Waals surface area (Å²) in [7, 11) is 0. The van der Waals surface area contributed by atoms with Crippen LogP contribution in [-0.4, -0.2) is 48.0 Å². The molecule has 0 aromatic heterocycles. The molecule has 0 saturated carbocycles. The average molecular weight is 361 g/mol. The van der Waals surface area contributed by atoms with Gasteiger partial charge in [0.05, 0.1) is 0 Å². The van der Waals surface area contributed by atoms with Gasteiger partial charge in [0.2, 0.25) is 11.8 Å². The summed E-state index contributed by atoms with van der Waals surface area (Å²) < 4.78 is 0. The Bertz CT molecular complexity index is 617. The van der Waals surface area contributed by atoms with Gasteiger partial charge in [0.1, 0.15) is 12.1 Å². The number of urea groups is 1. The minimum atomic E-state index is -0.834. The first kappa shape index (κ1) is 19.7. The molecule has 4 amide bonds. The first-order valence-corrected chi connectivity index (χ1v) is 8.91. The summed E-state index contributed by atoms with van der Waals surface area (Å²) in [5, 5.41) is 7.02. The SMILES string of the molecule is C[C@H](NC(=O)NN1CCCCC1)C(=O)N[C@@H](Cc1ccccc1)C(N)=O. The molecule has 1 aromatic carbocycles. The predicted molar refractivity (Wildman–Crippen MR) is 97.8 cm³/mol. The Morgan fingerprint density at radius 1 is 1.08 bits per heavy atom. The van der Waals surface area contributed by atoms with Crippen LogP contribution in [0.4, 0.5) is 4.79 Å². The van der Waals surface area contributed by atoms with Gasteiger partial charge in [0, 0.05) is 19.5 Å². The van der Waals surface area contributed by atoms with Gasteiger partial charge >= 0.3 is 6.03 Å². The standard InChI is InChI=1S/C18H27N5O3/c1-13(20-18(26)22-23-10-6-3-7-11-23)17(25)21-15(16(19)24)12-14-8-4-2-5-9-14/h2,4-5,8-9,13,15H,3,6-7,10-12H2,1H3,(H2,19,24)(H,21,25)(H2,20,22,26)/t13-,15-/m0/s1. The van der Waals surface area contributed by atoms with Crippen molar-refractivity contribution in [3.8, 4) is 0 Å². The van der Waals surface area contributed by atoms with Gasteiger partial charge < -0.3 is 16.4 Å². The predicted octanol–water partition coefficient (Wildman–Crippen LogP) is 0.288. The zero-order valence-corrected chi connectivity index (χ0v) is 15.0. The summed E-state index contributed by atoms with van der Waals surface area (Å²) in [5.74, 6) is -1.08. The summed E-state index contributed by atoms with van der Waals surface area (Å²) >= 11 is 0. The number of rotatable bonds is 7. The topological polar surface area (TPSA) is 117 Å². The normalized spacial score (nSPS) is 17.0. The second kappa shape index (κ2) is 9.76. The number of carbonyl (C=O) groups is 3. The highest BCUT2D eigenvalue weighted by Crippen LogP contribution is 2.06. The monoisotopic (exact) mass is 361 g/mol. The Hall–Kier alpha value is -2.61. The third-order valence-electron chi connectivity index (χ3n) is 4.30. The number of carbonyl (C=O) groups excluding carboxylic acids is 3. The lowest BCUT2D eigenvalue weighted by Crippen LogP contribution is -2.56. The molecule has 0 aliphatic carbocycles. The van der Waals surface area contributed by atoms with Crippen LogP contribution < -0.4 is 21.8 Å². The average Bonchev–Trinajstić information content (AvgIpc) is 2.62. The second-order valence-corrected chi connectivity index (χ2v) is 6.51. The first-order valence-electron chi connectivity index (χ1n) is 8.91. The van der Waals surface area contributed by atoms with Gasteiger partial charge in [0.25, 0.3) is 0 Å². The van der Waals surface area contributed by atoms with Gasteiger partial charge in [-0.2, -0.15) is 0 Å². The van der Waals surface area contributed by atoms with E-state index in [1.165, 1.54) is 0 Å². The molecule has 1 aromatic rings. The van der Waals surface area contributed by atoms with Crippen molar-refractivity contribution in [2.45, 2.75) is 44.7 Å². The fourth-order valence-corrected chi connectivity index (χ4v) is 2.81. The lowest BCUT2D eigenvalue weighted by molar-refractivity contribution is -0.128. The number of nitrogens with zero attached hydrogens (tertiary/aromatic N) is 1. The Balaban J connectivity index is 1.83. The van der Waals surface area contributed by atoms with Gasteiger partial charge in [-0.3, -0.25) is 15.0 Å². The summed E-state index contributed by atoms with van der Waals surface area (Å²) in [6, 6.07) is 7.22. The van der Waals surface area contributed by atoms with Gasteiger partial charge in [-0.25, -0.2) is 9.80 Å². The molecule has 26 heavy (non-hydrogen) atoms. The lowest BCUT2D eigenvalue weighted by atomic mass is 10.1. The molecule has 5 N–H and O–H groups in total.